The predicted molar refractivity (Wildman–Crippen MR) is 63.4 cm³/mol. The second kappa shape index (κ2) is 4.80. The van der Waals surface area contributed by atoms with Crippen molar-refractivity contribution in [1.29, 1.82) is 0 Å². The number of hydrogen-bond acceptors (Lipinski definition) is 0. The van der Waals surface area contributed by atoms with Gasteiger partial charge in [-0.3, -0.25) is 0 Å². The Bertz CT molecular complexity index is 308. The van der Waals surface area contributed by atoms with E-state index in [2.05, 4.69) is 56.8 Å². The topological polar surface area (TPSA) is 0 Å². The zero-order valence-electron chi connectivity index (χ0n) is 9.03. The van der Waals surface area contributed by atoms with Crippen LogP contribution in [-0.4, -0.2) is 0 Å². The SMILES string of the molecule is C=CC[C@](C)(/C=C/C)c1ccccc1. The summed E-state index contributed by atoms with van der Waals surface area (Å²) in [5, 5.41) is 0. The zero-order valence-corrected chi connectivity index (χ0v) is 9.03. The fourth-order valence-corrected chi connectivity index (χ4v) is 1.77. The third-order valence-electron chi connectivity index (χ3n) is 2.54. The van der Waals surface area contributed by atoms with E-state index in [-0.39, 0.29) is 5.41 Å². The van der Waals surface area contributed by atoms with Crippen LogP contribution in [0.15, 0.2) is 55.1 Å². The van der Waals surface area contributed by atoms with Gasteiger partial charge in [0.05, 0.1) is 0 Å². The lowest BCUT2D eigenvalue weighted by Crippen LogP contribution is -2.17. The molecule has 1 aromatic carbocycles. The van der Waals surface area contributed by atoms with E-state index in [1.54, 1.807) is 0 Å². The minimum absolute atomic E-state index is 0.0950. The molecule has 0 bridgehead atoms. The highest BCUT2D eigenvalue weighted by Crippen LogP contribution is 2.29. The van der Waals surface area contributed by atoms with Crippen molar-refractivity contribution in [2.45, 2.75) is 25.7 Å². The minimum atomic E-state index is 0.0950. The molecule has 0 spiro atoms. The summed E-state index contributed by atoms with van der Waals surface area (Å²) >= 11 is 0. The first-order valence-corrected chi connectivity index (χ1v) is 5.03. The second-order valence-corrected chi connectivity index (χ2v) is 3.78. The van der Waals surface area contributed by atoms with Gasteiger partial charge in [0.25, 0.3) is 0 Å². The van der Waals surface area contributed by atoms with Crippen molar-refractivity contribution < 1.29 is 0 Å². The molecule has 0 saturated heterocycles. The first-order valence-electron chi connectivity index (χ1n) is 5.03. The van der Waals surface area contributed by atoms with Crippen LogP contribution in [0, 0.1) is 0 Å². The van der Waals surface area contributed by atoms with Crippen molar-refractivity contribution in [2.75, 3.05) is 0 Å². The van der Waals surface area contributed by atoms with Crippen LogP contribution >= 0.6 is 0 Å². The van der Waals surface area contributed by atoms with Gasteiger partial charge >= 0.3 is 0 Å². The Morgan fingerprint density at radius 1 is 1.29 bits per heavy atom. The van der Waals surface area contributed by atoms with Gasteiger partial charge in [-0.05, 0) is 18.9 Å². The Balaban J connectivity index is 3.05. The largest absolute Gasteiger partial charge is 0.103 e. The lowest BCUT2D eigenvalue weighted by Gasteiger charge is -2.25. The maximum atomic E-state index is 3.82. The third kappa shape index (κ3) is 2.35. The Morgan fingerprint density at radius 2 is 1.93 bits per heavy atom. The summed E-state index contributed by atoms with van der Waals surface area (Å²) in [4.78, 5) is 0. The van der Waals surface area contributed by atoms with Crippen molar-refractivity contribution in [3.63, 3.8) is 0 Å². The third-order valence-corrected chi connectivity index (χ3v) is 2.54. The molecule has 0 saturated carbocycles. The first kappa shape index (κ1) is 10.8. The minimum Gasteiger partial charge on any atom is -0.103 e. The second-order valence-electron chi connectivity index (χ2n) is 3.78. The van der Waals surface area contributed by atoms with Crippen LogP contribution in [0.25, 0.3) is 0 Å². The summed E-state index contributed by atoms with van der Waals surface area (Å²) < 4.78 is 0. The van der Waals surface area contributed by atoms with E-state index in [1.807, 2.05) is 12.1 Å². The molecule has 0 fully saturated rings. The number of allylic oxidation sites excluding steroid dienone is 3. The van der Waals surface area contributed by atoms with Crippen LogP contribution in [0.1, 0.15) is 25.8 Å². The number of rotatable bonds is 4. The molecule has 0 amide bonds. The van der Waals surface area contributed by atoms with Crippen molar-refractivity contribution in [2.24, 2.45) is 0 Å². The maximum absolute atomic E-state index is 3.82. The predicted octanol–water partition coefficient (Wildman–Crippen LogP) is 4.10. The average molecular weight is 186 g/mol. The van der Waals surface area contributed by atoms with E-state index in [0.717, 1.165) is 6.42 Å². The van der Waals surface area contributed by atoms with Crippen LogP contribution in [0.5, 0.6) is 0 Å². The lowest BCUT2D eigenvalue weighted by atomic mass is 9.79. The van der Waals surface area contributed by atoms with E-state index in [1.165, 1.54) is 5.56 Å². The van der Waals surface area contributed by atoms with Gasteiger partial charge in [0, 0.05) is 5.41 Å². The molecule has 0 radical (unpaired) electrons. The fraction of sp³-hybridized carbons (Fsp3) is 0.286. The monoisotopic (exact) mass is 186 g/mol. The first-order chi connectivity index (χ1) is 6.73. The molecule has 0 nitrogen and oxygen atoms in total. The van der Waals surface area contributed by atoms with Gasteiger partial charge in [0.1, 0.15) is 0 Å². The fourth-order valence-electron chi connectivity index (χ4n) is 1.77. The molecule has 0 aliphatic heterocycles. The highest BCUT2D eigenvalue weighted by atomic mass is 14.2. The molecule has 0 aromatic heterocycles. The molecule has 1 aromatic rings. The van der Waals surface area contributed by atoms with Crippen LogP contribution in [0.2, 0.25) is 0 Å². The van der Waals surface area contributed by atoms with Gasteiger partial charge in [-0.1, -0.05) is 55.5 Å². The Hall–Kier alpha value is -1.30. The molecule has 0 unspecified atom stereocenters. The molecular weight excluding hydrogens is 168 g/mol. The van der Waals surface area contributed by atoms with Gasteiger partial charge in [-0.15, -0.1) is 6.58 Å². The normalized spacial score (nSPS) is 15.3. The summed E-state index contributed by atoms with van der Waals surface area (Å²) in [5.74, 6) is 0. The molecule has 0 N–H and O–H groups in total. The highest BCUT2D eigenvalue weighted by molar-refractivity contribution is 5.30. The van der Waals surface area contributed by atoms with Crippen molar-refractivity contribution in [3.05, 3.63) is 60.7 Å². The smallest absolute Gasteiger partial charge is 0.0138 e. The van der Waals surface area contributed by atoms with Crippen molar-refractivity contribution in [1.82, 2.24) is 0 Å². The molecule has 0 heteroatoms. The van der Waals surface area contributed by atoms with E-state index >= 15 is 0 Å². The van der Waals surface area contributed by atoms with E-state index in [4.69, 9.17) is 0 Å². The Labute approximate surface area is 87.0 Å². The van der Waals surface area contributed by atoms with Crippen molar-refractivity contribution in [3.8, 4) is 0 Å². The zero-order chi connectivity index (χ0) is 10.4. The summed E-state index contributed by atoms with van der Waals surface area (Å²) in [6.07, 6.45) is 7.30. The lowest BCUT2D eigenvalue weighted by molar-refractivity contribution is 0.605. The van der Waals surface area contributed by atoms with Crippen LogP contribution < -0.4 is 0 Å². The summed E-state index contributed by atoms with van der Waals surface area (Å²) in [7, 11) is 0. The Morgan fingerprint density at radius 3 is 2.43 bits per heavy atom. The summed E-state index contributed by atoms with van der Waals surface area (Å²) in [5.41, 5.74) is 1.44. The van der Waals surface area contributed by atoms with Crippen molar-refractivity contribution >= 4 is 0 Å². The van der Waals surface area contributed by atoms with Crippen LogP contribution in [0.3, 0.4) is 0 Å². The molecule has 0 aliphatic carbocycles. The molecule has 1 rings (SSSR count). The maximum Gasteiger partial charge on any atom is 0.0138 e. The molecule has 1 atom stereocenters. The van der Waals surface area contributed by atoms with Gasteiger partial charge in [0.2, 0.25) is 0 Å². The van der Waals surface area contributed by atoms with Gasteiger partial charge < -0.3 is 0 Å². The van der Waals surface area contributed by atoms with Crippen LogP contribution in [-0.2, 0) is 5.41 Å². The Kier molecular flexibility index (Phi) is 3.70. The molecule has 0 aliphatic rings. The number of hydrogen-bond donors (Lipinski definition) is 0. The van der Waals surface area contributed by atoms with E-state index in [9.17, 15) is 0 Å². The quantitative estimate of drug-likeness (QED) is 0.621. The van der Waals surface area contributed by atoms with Gasteiger partial charge in [-0.25, -0.2) is 0 Å². The molecule has 74 valence electrons. The number of benzene rings is 1. The van der Waals surface area contributed by atoms with Gasteiger partial charge in [0.15, 0.2) is 0 Å². The molecular formula is C14H18. The van der Waals surface area contributed by atoms with E-state index < -0.39 is 0 Å². The summed E-state index contributed by atoms with van der Waals surface area (Å²) in [6, 6.07) is 10.6. The highest BCUT2D eigenvalue weighted by Gasteiger charge is 2.20. The molecule has 14 heavy (non-hydrogen) atoms. The van der Waals surface area contributed by atoms with E-state index in [0.29, 0.717) is 0 Å². The van der Waals surface area contributed by atoms with Crippen LogP contribution in [0.4, 0.5) is 0 Å². The van der Waals surface area contributed by atoms with Gasteiger partial charge in [-0.2, -0.15) is 0 Å². The average Bonchev–Trinajstić information content (AvgIpc) is 2.20. The molecule has 0 heterocycles. The summed E-state index contributed by atoms with van der Waals surface area (Å²) in [6.45, 7) is 8.12. The standard InChI is InChI=1S/C14H18/c1-4-11-14(3,12-5-2)13-9-7-6-8-10-13/h4-10,12H,1,11H2,2-3H3/b12-5+/t14-/m1/s1.